The standard InChI is InChI=1S/C28H32N6O3/c1-4-37-23-11-7-10-22(17-23)34(26(35)19-33-25-13-6-5-12-24(25)31-32-33)27(21-9-8-15-29-18-21)28(36)30-16-14-20(2)3/h5-13,15,17-18,20,27H,4,14,16,19H2,1-3H3,(H,30,36)/t27-/m0/s1. The number of nitrogens with one attached hydrogen (secondary N) is 1. The van der Waals surface area contributed by atoms with Crippen molar-refractivity contribution in [1.29, 1.82) is 0 Å². The molecule has 0 unspecified atom stereocenters. The van der Waals surface area contributed by atoms with Crippen molar-refractivity contribution in [3.8, 4) is 5.75 Å². The molecule has 0 saturated carbocycles. The minimum atomic E-state index is -0.944. The van der Waals surface area contributed by atoms with E-state index in [0.29, 0.717) is 41.6 Å². The maximum atomic E-state index is 14.0. The maximum Gasteiger partial charge on any atom is 0.249 e. The number of amides is 2. The Hall–Kier alpha value is -4.27. The van der Waals surface area contributed by atoms with Crippen LogP contribution in [0.2, 0.25) is 0 Å². The van der Waals surface area contributed by atoms with Crippen LogP contribution in [0.4, 0.5) is 5.69 Å². The summed E-state index contributed by atoms with van der Waals surface area (Å²) in [5, 5.41) is 11.4. The number of ether oxygens (including phenoxy) is 1. The van der Waals surface area contributed by atoms with Gasteiger partial charge in [0.05, 0.1) is 12.1 Å². The fraction of sp³-hybridized carbons (Fsp3) is 0.321. The highest BCUT2D eigenvalue weighted by Crippen LogP contribution is 2.31. The molecule has 1 atom stereocenters. The van der Waals surface area contributed by atoms with Gasteiger partial charge in [-0.3, -0.25) is 19.5 Å². The van der Waals surface area contributed by atoms with Crippen molar-refractivity contribution in [2.24, 2.45) is 5.92 Å². The van der Waals surface area contributed by atoms with Crippen LogP contribution in [0.5, 0.6) is 5.75 Å². The van der Waals surface area contributed by atoms with Crippen LogP contribution in [-0.2, 0) is 16.1 Å². The van der Waals surface area contributed by atoms with Crippen LogP contribution < -0.4 is 15.0 Å². The van der Waals surface area contributed by atoms with E-state index in [1.807, 2.05) is 43.3 Å². The number of pyridine rings is 1. The largest absolute Gasteiger partial charge is 0.494 e. The van der Waals surface area contributed by atoms with Gasteiger partial charge in [-0.1, -0.05) is 43.3 Å². The van der Waals surface area contributed by atoms with E-state index in [4.69, 9.17) is 4.74 Å². The van der Waals surface area contributed by atoms with Gasteiger partial charge in [-0.25, -0.2) is 4.68 Å². The Morgan fingerprint density at radius 1 is 1.08 bits per heavy atom. The first-order chi connectivity index (χ1) is 18.0. The van der Waals surface area contributed by atoms with Crippen molar-refractivity contribution in [3.05, 3.63) is 78.6 Å². The van der Waals surface area contributed by atoms with Gasteiger partial charge in [0.15, 0.2) is 0 Å². The lowest BCUT2D eigenvalue weighted by Crippen LogP contribution is -2.45. The molecule has 2 aromatic heterocycles. The summed E-state index contributed by atoms with van der Waals surface area (Å²) in [7, 11) is 0. The second-order valence-corrected chi connectivity index (χ2v) is 9.09. The van der Waals surface area contributed by atoms with Gasteiger partial charge in [0, 0.05) is 36.3 Å². The lowest BCUT2D eigenvalue weighted by molar-refractivity contribution is -0.127. The van der Waals surface area contributed by atoms with E-state index < -0.39 is 6.04 Å². The number of hydrogen-bond donors (Lipinski definition) is 1. The van der Waals surface area contributed by atoms with Gasteiger partial charge >= 0.3 is 0 Å². The average Bonchev–Trinajstić information content (AvgIpc) is 3.30. The number of hydrogen-bond acceptors (Lipinski definition) is 6. The second-order valence-electron chi connectivity index (χ2n) is 9.09. The van der Waals surface area contributed by atoms with Gasteiger partial charge < -0.3 is 10.1 Å². The Bertz CT molecular complexity index is 1340. The van der Waals surface area contributed by atoms with E-state index in [1.165, 1.54) is 4.90 Å². The summed E-state index contributed by atoms with van der Waals surface area (Å²) >= 11 is 0. The van der Waals surface area contributed by atoms with Gasteiger partial charge in [-0.15, -0.1) is 5.10 Å². The van der Waals surface area contributed by atoms with Crippen molar-refractivity contribution in [3.63, 3.8) is 0 Å². The smallest absolute Gasteiger partial charge is 0.249 e. The zero-order valence-electron chi connectivity index (χ0n) is 21.4. The third kappa shape index (κ3) is 6.30. The Balaban J connectivity index is 1.76. The molecule has 9 nitrogen and oxygen atoms in total. The SMILES string of the molecule is CCOc1cccc(N(C(=O)Cn2nnc3ccccc32)[C@H](C(=O)NCCC(C)C)c2cccnc2)c1. The summed E-state index contributed by atoms with van der Waals surface area (Å²) in [4.78, 5) is 33.4. The molecule has 2 heterocycles. The molecule has 0 saturated heterocycles. The van der Waals surface area contributed by atoms with E-state index >= 15 is 0 Å². The van der Waals surface area contributed by atoms with Crippen molar-refractivity contribution in [2.75, 3.05) is 18.1 Å². The van der Waals surface area contributed by atoms with Crippen molar-refractivity contribution in [1.82, 2.24) is 25.3 Å². The third-order valence-corrected chi connectivity index (χ3v) is 5.91. The molecule has 37 heavy (non-hydrogen) atoms. The van der Waals surface area contributed by atoms with Gasteiger partial charge in [0.2, 0.25) is 11.8 Å². The van der Waals surface area contributed by atoms with Crippen LogP contribution >= 0.6 is 0 Å². The van der Waals surface area contributed by atoms with Gasteiger partial charge in [0.1, 0.15) is 23.9 Å². The predicted molar refractivity (Wildman–Crippen MR) is 142 cm³/mol. The van der Waals surface area contributed by atoms with Crippen LogP contribution in [-0.4, -0.2) is 44.9 Å². The highest BCUT2D eigenvalue weighted by Gasteiger charge is 2.33. The van der Waals surface area contributed by atoms with Gasteiger partial charge in [-0.2, -0.15) is 0 Å². The molecule has 9 heteroatoms. The summed E-state index contributed by atoms with van der Waals surface area (Å²) in [6.07, 6.45) is 4.08. The third-order valence-electron chi connectivity index (χ3n) is 5.91. The van der Waals surface area contributed by atoms with Gasteiger partial charge in [-0.05, 0) is 49.6 Å². The molecule has 0 aliphatic rings. The Morgan fingerprint density at radius 3 is 2.68 bits per heavy atom. The molecular weight excluding hydrogens is 468 g/mol. The first-order valence-electron chi connectivity index (χ1n) is 12.5. The number of benzene rings is 2. The van der Waals surface area contributed by atoms with Crippen LogP contribution in [0.1, 0.15) is 38.8 Å². The summed E-state index contributed by atoms with van der Waals surface area (Å²) < 4.78 is 7.25. The minimum Gasteiger partial charge on any atom is -0.494 e. The number of anilines is 1. The average molecular weight is 501 g/mol. The predicted octanol–water partition coefficient (Wildman–Crippen LogP) is 4.16. The maximum absolute atomic E-state index is 14.0. The van der Waals surface area contributed by atoms with Gasteiger partial charge in [0.25, 0.3) is 0 Å². The van der Waals surface area contributed by atoms with E-state index in [0.717, 1.165) is 11.9 Å². The zero-order chi connectivity index (χ0) is 26.2. The molecule has 0 aliphatic carbocycles. The Labute approximate surface area is 216 Å². The molecule has 1 N–H and O–H groups in total. The minimum absolute atomic E-state index is 0.102. The molecule has 4 aromatic rings. The second kappa shape index (κ2) is 12.1. The van der Waals surface area contributed by atoms with Crippen molar-refractivity contribution < 1.29 is 14.3 Å². The summed E-state index contributed by atoms with van der Waals surface area (Å²) in [5.74, 6) is 0.428. The number of nitrogens with zero attached hydrogens (tertiary/aromatic N) is 5. The molecule has 0 aliphatic heterocycles. The number of para-hydroxylation sites is 1. The van der Waals surface area contributed by atoms with E-state index in [1.54, 1.807) is 41.3 Å². The molecule has 0 radical (unpaired) electrons. The molecule has 4 rings (SSSR count). The Morgan fingerprint density at radius 2 is 1.92 bits per heavy atom. The number of carbonyl (C=O) groups is 2. The normalized spacial score (nSPS) is 11.9. The van der Waals surface area contributed by atoms with E-state index in [9.17, 15) is 9.59 Å². The molecule has 2 aromatic carbocycles. The fourth-order valence-corrected chi connectivity index (χ4v) is 4.10. The summed E-state index contributed by atoms with van der Waals surface area (Å²) in [6, 6.07) is 17.3. The van der Waals surface area contributed by atoms with Crippen LogP contribution in [0.3, 0.4) is 0 Å². The number of carbonyl (C=O) groups excluding carboxylic acids is 2. The zero-order valence-corrected chi connectivity index (χ0v) is 21.4. The van der Waals surface area contributed by atoms with Crippen molar-refractivity contribution in [2.45, 2.75) is 39.8 Å². The molecule has 2 amide bonds. The van der Waals surface area contributed by atoms with Crippen LogP contribution in [0.25, 0.3) is 11.0 Å². The fourth-order valence-electron chi connectivity index (χ4n) is 4.10. The van der Waals surface area contributed by atoms with Crippen molar-refractivity contribution >= 4 is 28.5 Å². The summed E-state index contributed by atoms with van der Waals surface area (Å²) in [5.41, 5.74) is 2.56. The van der Waals surface area contributed by atoms with Crippen LogP contribution in [0, 0.1) is 5.92 Å². The molecular formula is C28H32N6O3. The number of aromatic nitrogens is 4. The van der Waals surface area contributed by atoms with E-state index in [2.05, 4.69) is 34.5 Å². The molecule has 0 fully saturated rings. The lowest BCUT2D eigenvalue weighted by Gasteiger charge is -2.31. The monoisotopic (exact) mass is 500 g/mol. The lowest BCUT2D eigenvalue weighted by atomic mass is 10.0. The number of rotatable bonds is 11. The first kappa shape index (κ1) is 25.8. The topological polar surface area (TPSA) is 102 Å². The summed E-state index contributed by atoms with van der Waals surface area (Å²) in [6.45, 7) is 6.97. The highest BCUT2D eigenvalue weighted by molar-refractivity contribution is 6.01. The highest BCUT2D eigenvalue weighted by atomic mass is 16.5. The molecule has 0 bridgehead atoms. The first-order valence-corrected chi connectivity index (χ1v) is 12.5. The molecule has 192 valence electrons. The Kier molecular flexibility index (Phi) is 8.45. The molecule has 0 spiro atoms. The number of fused-ring (bicyclic) bond motifs is 1. The van der Waals surface area contributed by atoms with Crippen LogP contribution in [0.15, 0.2) is 73.1 Å². The van der Waals surface area contributed by atoms with E-state index in [-0.39, 0.29) is 18.4 Å². The quantitative estimate of drug-likeness (QED) is 0.332.